The van der Waals surface area contributed by atoms with Crippen LogP contribution in [0.4, 0.5) is 17.1 Å². The number of rotatable bonds is 3. The fourth-order valence-corrected chi connectivity index (χ4v) is 6.39. The summed E-state index contributed by atoms with van der Waals surface area (Å²) in [6.07, 6.45) is 7.19. The van der Waals surface area contributed by atoms with Gasteiger partial charge in [-0.1, -0.05) is 42.5 Å². The van der Waals surface area contributed by atoms with E-state index in [0.29, 0.717) is 0 Å². The number of benzene rings is 3. The maximum Gasteiger partial charge on any atom is 0.0464 e. The number of hydrogen-bond donors (Lipinski definition) is 0. The molecule has 3 aromatic carbocycles. The molecule has 3 aromatic rings. The van der Waals surface area contributed by atoms with Gasteiger partial charge in [-0.3, -0.25) is 0 Å². The molecule has 28 heavy (non-hydrogen) atoms. The highest BCUT2D eigenvalue weighted by molar-refractivity contribution is 5.77. The van der Waals surface area contributed by atoms with Crippen LogP contribution in [0.1, 0.15) is 55.1 Å². The lowest BCUT2D eigenvalue weighted by atomic mass is 9.67. The first-order valence-corrected chi connectivity index (χ1v) is 10.9. The van der Waals surface area contributed by atoms with E-state index in [9.17, 15) is 0 Å². The first kappa shape index (κ1) is 16.4. The summed E-state index contributed by atoms with van der Waals surface area (Å²) in [4.78, 5) is 2.41. The van der Waals surface area contributed by atoms with Crippen LogP contribution in [0.3, 0.4) is 0 Å². The molecule has 0 saturated heterocycles. The second-order valence-electron chi connectivity index (χ2n) is 9.12. The van der Waals surface area contributed by atoms with Crippen molar-refractivity contribution in [3.05, 3.63) is 90.0 Å². The Morgan fingerprint density at radius 2 is 1.04 bits per heavy atom. The van der Waals surface area contributed by atoms with E-state index in [-0.39, 0.29) is 0 Å². The number of hydrogen-bond acceptors (Lipinski definition) is 1. The van der Waals surface area contributed by atoms with Crippen LogP contribution in [0, 0.1) is 11.8 Å². The van der Waals surface area contributed by atoms with Gasteiger partial charge in [0.25, 0.3) is 0 Å². The number of para-hydroxylation sites is 2. The molecule has 1 nitrogen and oxygen atoms in total. The van der Waals surface area contributed by atoms with Crippen LogP contribution in [0.5, 0.6) is 0 Å². The number of nitrogens with zero attached hydrogens (tertiary/aromatic N) is 1. The molecule has 4 aliphatic rings. The van der Waals surface area contributed by atoms with Crippen molar-refractivity contribution in [1.82, 2.24) is 0 Å². The molecule has 0 radical (unpaired) electrons. The predicted octanol–water partition coefficient (Wildman–Crippen LogP) is 7.55. The lowest BCUT2D eigenvalue weighted by molar-refractivity contribution is 0.166. The molecule has 0 amide bonds. The van der Waals surface area contributed by atoms with Crippen molar-refractivity contribution in [2.24, 2.45) is 11.8 Å². The van der Waals surface area contributed by atoms with Crippen LogP contribution >= 0.6 is 0 Å². The molecule has 7 rings (SSSR count). The van der Waals surface area contributed by atoms with E-state index in [1.165, 1.54) is 49.2 Å². The summed E-state index contributed by atoms with van der Waals surface area (Å²) in [6.45, 7) is 0. The van der Waals surface area contributed by atoms with Crippen molar-refractivity contribution >= 4 is 17.1 Å². The summed E-state index contributed by atoms with van der Waals surface area (Å²) in [5.41, 5.74) is 7.09. The fraction of sp³-hybridized carbons (Fsp3) is 0.333. The Morgan fingerprint density at radius 3 is 1.61 bits per heavy atom. The highest BCUT2D eigenvalue weighted by atomic mass is 15.1. The minimum atomic E-state index is 0.777. The lowest BCUT2D eigenvalue weighted by Crippen LogP contribution is -2.25. The minimum Gasteiger partial charge on any atom is -0.310 e. The van der Waals surface area contributed by atoms with E-state index in [0.717, 1.165) is 23.7 Å². The monoisotopic (exact) mass is 365 g/mol. The summed E-state index contributed by atoms with van der Waals surface area (Å²) < 4.78 is 0. The van der Waals surface area contributed by atoms with E-state index in [2.05, 4.69) is 83.8 Å². The summed E-state index contributed by atoms with van der Waals surface area (Å²) in [7, 11) is 0. The summed E-state index contributed by atoms with van der Waals surface area (Å²) >= 11 is 0. The molecule has 2 unspecified atom stereocenters. The van der Waals surface area contributed by atoms with Gasteiger partial charge in [-0.15, -0.1) is 0 Å². The highest BCUT2D eigenvalue weighted by Gasteiger charge is 2.42. The first-order valence-electron chi connectivity index (χ1n) is 10.9. The SMILES string of the molecule is c1ccc(N(c2ccccc2)c2ccc3c(c2)C2CC4CC(CC3C4)C2)cc1. The van der Waals surface area contributed by atoms with Crippen molar-refractivity contribution in [1.29, 1.82) is 0 Å². The van der Waals surface area contributed by atoms with Gasteiger partial charge in [0, 0.05) is 17.1 Å². The van der Waals surface area contributed by atoms with Gasteiger partial charge in [0.1, 0.15) is 0 Å². The third-order valence-electron chi connectivity index (χ3n) is 7.38. The quantitative estimate of drug-likeness (QED) is 0.463. The average molecular weight is 366 g/mol. The van der Waals surface area contributed by atoms with Crippen molar-refractivity contribution in [2.45, 2.75) is 43.9 Å². The molecule has 0 aromatic heterocycles. The molecule has 140 valence electrons. The van der Waals surface area contributed by atoms with Gasteiger partial charge in [-0.2, -0.15) is 0 Å². The average Bonchev–Trinajstić information content (AvgIpc) is 2.91. The predicted molar refractivity (Wildman–Crippen MR) is 117 cm³/mol. The van der Waals surface area contributed by atoms with Crippen molar-refractivity contribution < 1.29 is 0 Å². The fourth-order valence-electron chi connectivity index (χ4n) is 6.39. The molecule has 4 aliphatic carbocycles. The van der Waals surface area contributed by atoms with Crippen molar-refractivity contribution in [3.63, 3.8) is 0 Å². The van der Waals surface area contributed by atoms with Gasteiger partial charge in [0.05, 0.1) is 0 Å². The molecule has 4 bridgehead atoms. The minimum absolute atomic E-state index is 0.777. The molecular weight excluding hydrogens is 338 g/mol. The van der Waals surface area contributed by atoms with E-state index in [1.807, 2.05) is 0 Å². The second-order valence-corrected chi connectivity index (χ2v) is 9.12. The molecule has 2 fully saturated rings. The molecular formula is C27H27N. The standard InChI is InChI=1S/C27H27N/c1-3-7-23(8-4-1)28(24-9-5-2-6-10-24)25-11-12-26-21-14-19-13-20(15-21)17-22(16-19)27(26)18-25/h1-12,18-22H,13-17H2. The summed E-state index contributed by atoms with van der Waals surface area (Å²) in [6, 6.07) is 29.0. The molecule has 2 saturated carbocycles. The molecule has 2 atom stereocenters. The largest absolute Gasteiger partial charge is 0.310 e. The Labute approximate surface area is 168 Å². The highest BCUT2D eigenvalue weighted by Crippen LogP contribution is 2.56. The first-order chi connectivity index (χ1) is 13.8. The third kappa shape index (κ3) is 2.68. The van der Waals surface area contributed by atoms with Crippen LogP contribution < -0.4 is 4.90 Å². The van der Waals surface area contributed by atoms with E-state index in [1.54, 1.807) is 11.1 Å². The maximum absolute atomic E-state index is 2.53. The van der Waals surface area contributed by atoms with Gasteiger partial charge in [-0.25, -0.2) is 0 Å². The van der Waals surface area contributed by atoms with Crippen LogP contribution in [-0.4, -0.2) is 0 Å². The van der Waals surface area contributed by atoms with Gasteiger partial charge >= 0.3 is 0 Å². The molecule has 0 N–H and O–H groups in total. The van der Waals surface area contributed by atoms with Crippen LogP contribution in [0.2, 0.25) is 0 Å². The van der Waals surface area contributed by atoms with Gasteiger partial charge < -0.3 is 4.90 Å². The molecule has 0 spiro atoms. The molecule has 0 heterocycles. The van der Waals surface area contributed by atoms with Crippen molar-refractivity contribution in [3.8, 4) is 0 Å². The van der Waals surface area contributed by atoms with E-state index >= 15 is 0 Å². The second kappa shape index (κ2) is 6.51. The van der Waals surface area contributed by atoms with Gasteiger partial charge in [-0.05, 0) is 103 Å². The molecule has 1 heteroatoms. The zero-order chi connectivity index (χ0) is 18.5. The maximum atomic E-state index is 2.53. The lowest BCUT2D eigenvalue weighted by Gasteiger charge is -2.38. The zero-order valence-corrected chi connectivity index (χ0v) is 16.3. The normalized spacial score (nSPS) is 27.3. The topological polar surface area (TPSA) is 3.24 Å². The van der Waals surface area contributed by atoms with Crippen LogP contribution in [0.25, 0.3) is 0 Å². The third-order valence-corrected chi connectivity index (χ3v) is 7.38. The van der Waals surface area contributed by atoms with E-state index < -0.39 is 0 Å². The van der Waals surface area contributed by atoms with Crippen LogP contribution in [0.15, 0.2) is 78.9 Å². The van der Waals surface area contributed by atoms with Crippen molar-refractivity contribution in [2.75, 3.05) is 4.90 Å². The van der Waals surface area contributed by atoms with Gasteiger partial charge in [0.2, 0.25) is 0 Å². The Kier molecular flexibility index (Phi) is 3.82. The Balaban J connectivity index is 1.49. The Bertz CT molecular complexity index is 924. The zero-order valence-electron chi connectivity index (χ0n) is 16.3. The summed E-state index contributed by atoms with van der Waals surface area (Å²) in [5, 5.41) is 0. The Morgan fingerprint density at radius 1 is 0.500 bits per heavy atom. The summed E-state index contributed by atoms with van der Waals surface area (Å²) in [5.74, 6) is 3.53. The smallest absolute Gasteiger partial charge is 0.0464 e. The van der Waals surface area contributed by atoms with Crippen LogP contribution in [-0.2, 0) is 0 Å². The number of anilines is 3. The van der Waals surface area contributed by atoms with E-state index in [4.69, 9.17) is 0 Å². The molecule has 0 aliphatic heterocycles. The van der Waals surface area contributed by atoms with Gasteiger partial charge in [0.15, 0.2) is 0 Å². The Hall–Kier alpha value is -2.54.